The number of fused-ring (bicyclic) bond motifs is 2. The molecule has 0 radical (unpaired) electrons. The Labute approximate surface area is 219 Å². The summed E-state index contributed by atoms with van der Waals surface area (Å²) >= 11 is 0. The number of aromatic hydroxyl groups is 3. The van der Waals surface area contributed by atoms with Crippen LogP contribution >= 0.6 is 0 Å². The molecule has 0 aliphatic carbocycles. The molecule has 1 unspecified atom stereocenters. The average Bonchev–Trinajstić information content (AvgIpc) is 2.95. The van der Waals surface area contributed by atoms with Gasteiger partial charge in [-0.15, -0.1) is 0 Å². The van der Waals surface area contributed by atoms with Crippen LogP contribution in [0.3, 0.4) is 0 Å². The first kappa shape index (κ1) is 25.4. The second-order valence-corrected chi connectivity index (χ2v) is 8.72. The molecule has 3 N–H and O–H groups in total. The molecule has 0 saturated heterocycles. The molecule has 0 aliphatic rings. The van der Waals surface area contributed by atoms with E-state index in [-0.39, 0.29) is 33.4 Å². The lowest BCUT2D eigenvalue weighted by Gasteiger charge is -2.20. The van der Waals surface area contributed by atoms with E-state index in [0.717, 1.165) is 19.4 Å². The Bertz CT molecular complexity index is 1850. The minimum Gasteiger partial charge on any atom is -0.504 e. The van der Waals surface area contributed by atoms with Crippen LogP contribution in [0, 0.1) is 0 Å². The quantitative estimate of drug-likeness (QED) is 0.212. The summed E-state index contributed by atoms with van der Waals surface area (Å²) in [4.78, 5) is 39.4. The first-order valence-electron chi connectivity index (χ1n) is 11.7. The number of phenolic OH excluding ortho intramolecular Hbond substituents is 3. The maximum absolute atomic E-state index is 13.7. The number of carbonyl (C=O) groups is 1. The van der Waals surface area contributed by atoms with E-state index in [2.05, 4.69) is 0 Å². The summed E-state index contributed by atoms with van der Waals surface area (Å²) in [6.07, 6.45) is 0.613. The normalized spacial score (nSPS) is 11.9. The molecule has 3 aromatic carbocycles. The summed E-state index contributed by atoms with van der Waals surface area (Å²) in [5.41, 5.74) is -1.25. The zero-order valence-electron chi connectivity index (χ0n) is 20.8. The minimum absolute atomic E-state index is 0.0888. The number of carbonyl (C=O) groups excluding carboxylic acids is 1. The maximum atomic E-state index is 13.7. The topological polar surface area (TPSA) is 157 Å². The average molecular weight is 530 g/mol. The highest BCUT2D eigenvalue weighted by Gasteiger charge is 2.33. The van der Waals surface area contributed by atoms with Gasteiger partial charge >= 0.3 is 5.97 Å². The molecule has 2 heterocycles. The van der Waals surface area contributed by atoms with E-state index >= 15 is 0 Å². The van der Waals surface area contributed by atoms with Crippen LogP contribution in [-0.2, 0) is 9.53 Å². The molecule has 2 aromatic heterocycles. The standard InChI is InChI=1S/C29H22O10/c1-36-15-8-9-20-17(10-15)25(32)18(13-38-20)16(11-22(31)37-2)23-26(33)28(35)27(34)24-19(30)12-21(39-29(23)24)14-6-4-3-5-7-14/h3-10,12-13,16,33-35H,11H2,1-2H3. The zero-order chi connectivity index (χ0) is 27.8. The summed E-state index contributed by atoms with van der Waals surface area (Å²) < 4.78 is 21.7. The molecule has 0 amide bonds. The van der Waals surface area contributed by atoms with Crippen molar-refractivity contribution in [2.75, 3.05) is 14.2 Å². The van der Waals surface area contributed by atoms with Crippen molar-refractivity contribution in [3.8, 4) is 34.3 Å². The van der Waals surface area contributed by atoms with Crippen molar-refractivity contribution in [2.45, 2.75) is 12.3 Å². The van der Waals surface area contributed by atoms with Crippen LogP contribution in [0.2, 0.25) is 0 Å². The molecular weight excluding hydrogens is 508 g/mol. The van der Waals surface area contributed by atoms with E-state index in [1.807, 2.05) is 0 Å². The Kier molecular flexibility index (Phi) is 6.45. The molecule has 198 valence electrons. The van der Waals surface area contributed by atoms with Crippen LogP contribution in [-0.4, -0.2) is 35.5 Å². The van der Waals surface area contributed by atoms with E-state index in [1.54, 1.807) is 42.5 Å². The third-order valence-electron chi connectivity index (χ3n) is 6.52. The number of methoxy groups -OCH3 is 2. The Morgan fingerprint density at radius 3 is 2.38 bits per heavy atom. The second-order valence-electron chi connectivity index (χ2n) is 8.72. The van der Waals surface area contributed by atoms with Gasteiger partial charge in [0.25, 0.3) is 0 Å². The van der Waals surface area contributed by atoms with E-state index in [9.17, 15) is 29.7 Å². The number of benzene rings is 3. The van der Waals surface area contributed by atoms with E-state index in [4.69, 9.17) is 18.3 Å². The summed E-state index contributed by atoms with van der Waals surface area (Å²) in [6.45, 7) is 0. The van der Waals surface area contributed by atoms with Gasteiger partial charge in [0.05, 0.1) is 32.3 Å². The van der Waals surface area contributed by atoms with Crippen LogP contribution in [0.15, 0.2) is 79.3 Å². The molecule has 0 spiro atoms. The fourth-order valence-electron chi connectivity index (χ4n) is 4.55. The number of esters is 1. The molecule has 0 fully saturated rings. The van der Waals surface area contributed by atoms with Crippen molar-refractivity contribution >= 4 is 27.9 Å². The van der Waals surface area contributed by atoms with Gasteiger partial charge in [-0.25, -0.2) is 0 Å². The Morgan fingerprint density at radius 1 is 0.949 bits per heavy atom. The molecule has 39 heavy (non-hydrogen) atoms. The first-order valence-corrected chi connectivity index (χ1v) is 11.7. The third-order valence-corrected chi connectivity index (χ3v) is 6.52. The monoisotopic (exact) mass is 530 g/mol. The fraction of sp³-hybridized carbons (Fsp3) is 0.138. The largest absolute Gasteiger partial charge is 0.504 e. The number of phenols is 3. The lowest BCUT2D eigenvalue weighted by Crippen LogP contribution is -2.19. The van der Waals surface area contributed by atoms with Gasteiger partial charge in [-0.05, 0) is 18.2 Å². The number of ether oxygens (including phenoxy) is 2. The maximum Gasteiger partial charge on any atom is 0.306 e. The molecule has 0 aliphatic heterocycles. The van der Waals surface area contributed by atoms with Crippen LogP contribution in [0.1, 0.15) is 23.5 Å². The van der Waals surface area contributed by atoms with E-state index < -0.39 is 51.8 Å². The molecule has 5 aromatic rings. The summed E-state index contributed by atoms with van der Waals surface area (Å²) in [7, 11) is 2.58. The highest BCUT2D eigenvalue weighted by molar-refractivity contribution is 5.94. The van der Waals surface area contributed by atoms with Crippen molar-refractivity contribution in [3.63, 3.8) is 0 Å². The Balaban J connectivity index is 1.88. The highest BCUT2D eigenvalue weighted by Crippen LogP contribution is 2.49. The predicted molar refractivity (Wildman–Crippen MR) is 140 cm³/mol. The van der Waals surface area contributed by atoms with Gasteiger partial charge in [0.15, 0.2) is 22.4 Å². The number of hydrogen-bond acceptors (Lipinski definition) is 10. The van der Waals surface area contributed by atoms with Gasteiger partial charge in [-0.2, -0.15) is 0 Å². The van der Waals surface area contributed by atoms with E-state index in [0.29, 0.717) is 11.3 Å². The lowest BCUT2D eigenvalue weighted by atomic mass is 9.86. The van der Waals surface area contributed by atoms with Gasteiger partial charge in [-0.1, -0.05) is 30.3 Å². The van der Waals surface area contributed by atoms with E-state index in [1.165, 1.54) is 13.2 Å². The minimum atomic E-state index is -1.33. The van der Waals surface area contributed by atoms with Gasteiger partial charge in [0.1, 0.15) is 28.1 Å². The lowest BCUT2D eigenvalue weighted by molar-refractivity contribution is -0.140. The van der Waals surface area contributed by atoms with Crippen molar-refractivity contribution in [1.29, 1.82) is 0 Å². The van der Waals surface area contributed by atoms with Gasteiger partial charge in [0, 0.05) is 28.7 Å². The van der Waals surface area contributed by atoms with Crippen LogP contribution < -0.4 is 15.6 Å². The van der Waals surface area contributed by atoms with Gasteiger partial charge < -0.3 is 33.6 Å². The second kappa shape index (κ2) is 9.90. The van der Waals surface area contributed by atoms with Crippen LogP contribution in [0.4, 0.5) is 0 Å². The molecule has 5 rings (SSSR count). The number of rotatable bonds is 6. The fourth-order valence-corrected chi connectivity index (χ4v) is 4.55. The molecule has 0 saturated carbocycles. The first-order chi connectivity index (χ1) is 18.7. The summed E-state index contributed by atoms with van der Waals surface area (Å²) in [6, 6.07) is 14.3. The van der Waals surface area contributed by atoms with Crippen molar-refractivity contribution < 1.29 is 38.4 Å². The van der Waals surface area contributed by atoms with Crippen LogP contribution in [0.25, 0.3) is 33.3 Å². The van der Waals surface area contributed by atoms with Crippen molar-refractivity contribution in [1.82, 2.24) is 0 Å². The molecule has 10 nitrogen and oxygen atoms in total. The molecular formula is C29H22O10. The SMILES string of the molecule is COC(=O)CC(c1coc2ccc(OC)cc2c1=O)c1c(O)c(O)c(O)c2c(=O)cc(-c3ccccc3)oc12. The third kappa shape index (κ3) is 4.31. The molecule has 1 atom stereocenters. The van der Waals surface area contributed by atoms with Crippen molar-refractivity contribution in [2.24, 2.45) is 0 Å². The van der Waals surface area contributed by atoms with Gasteiger partial charge in [-0.3, -0.25) is 14.4 Å². The van der Waals surface area contributed by atoms with Gasteiger partial charge in [0.2, 0.25) is 5.75 Å². The van der Waals surface area contributed by atoms with Crippen LogP contribution in [0.5, 0.6) is 23.0 Å². The Hall–Kier alpha value is -5.25. The summed E-state index contributed by atoms with van der Waals surface area (Å²) in [5, 5.41) is 31.9. The number of hydrogen-bond donors (Lipinski definition) is 3. The molecule has 10 heteroatoms. The Morgan fingerprint density at radius 2 is 1.69 bits per heavy atom. The molecule has 0 bridgehead atoms. The highest BCUT2D eigenvalue weighted by atomic mass is 16.5. The predicted octanol–water partition coefficient (Wildman–Crippen LogP) is 4.39. The zero-order valence-corrected chi connectivity index (χ0v) is 20.8. The van der Waals surface area contributed by atoms with Crippen molar-refractivity contribution in [3.05, 3.63) is 92.4 Å². The summed E-state index contributed by atoms with van der Waals surface area (Å²) in [5.74, 6) is -4.44. The smallest absolute Gasteiger partial charge is 0.306 e.